The highest BCUT2D eigenvalue weighted by molar-refractivity contribution is 5.93. The molecule has 0 heterocycles. The molecule has 3 unspecified atom stereocenters. The Bertz CT molecular complexity index is 1460. The van der Waals surface area contributed by atoms with Crippen LogP contribution in [0.5, 0.6) is 17.2 Å². The van der Waals surface area contributed by atoms with Crippen molar-refractivity contribution < 1.29 is 33.3 Å². The second-order valence-electron chi connectivity index (χ2n) is 14.1. The van der Waals surface area contributed by atoms with Gasteiger partial charge in [-0.2, -0.15) is 0 Å². The number of hydrogen-bond acceptors (Lipinski definition) is 7. The van der Waals surface area contributed by atoms with E-state index in [0.29, 0.717) is 52.5 Å². The minimum Gasteiger partial charge on any atom is -0.494 e. The predicted molar refractivity (Wildman–Crippen MR) is 197 cm³/mol. The Morgan fingerprint density at radius 1 is 0.600 bits per heavy atom. The number of carbonyl (C=O) groups is 3. The van der Waals surface area contributed by atoms with Crippen molar-refractivity contribution in [2.75, 3.05) is 6.61 Å². The van der Waals surface area contributed by atoms with E-state index in [1.807, 2.05) is 0 Å². The van der Waals surface area contributed by atoms with Crippen molar-refractivity contribution in [3.05, 3.63) is 89.5 Å². The number of unbranched alkanes of at least 4 members (excludes halogenated alkanes) is 9. The third-order valence-electron chi connectivity index (χ3n) is 9.82. The maximum atomic E-state index is 12.8. The summed E-state index contributed by atoms with van der Waals surface area (Å²) in [5, 5.41) is 0. The summed E-state index contributed by atoms with van der Waals surface area (Å²) in [4.78, 5) is 38.3. The number of hydrogen-bond donors (Lipinski definition) is 0. The molecule has 3 aromatic rings. The highest BCUT2D eigenvalue weighted by Crippen LogP contribution is 2.35. The average Bonchev–Trinajstić information content (AvgIpc) is 3.12. The number of esters is 3. The molecular weight excluding hydrogens is 628 g/mol. The summed E-state index contributed by atoms with van der Waals surface area (Å²) in [6, 6.07) is 19.5. The summed E-state index contributed by atoms with van der Waals surface area (Å²) in [6.45, 7) is 9.49. The SMILES string of the molecule is CCCCCCCCCCCCOc1ccc(C(=O)Oc2ccc(C(=O)Oc3ccc(C(=O)OC4CC(C(C)C)CCC4C)cc3)cc2)cc1. The zero-order valence-corrected chi connectivity index (χ0v) is 30.5. The van der Waals surface area contributed by atoms with E-state index in [4.69, 9.17) is 18.9 Å². The van der Waals surface area contributed by atoms with Crippen molar-refractivity contribution in [3.63, 3.8) is 0 Å². The van der Waals surface area contributed by atoms with Crippen molar-refractivity contribution in [2.45, 2.75) is 117 Å². The summed E-state index contributed by atoms with van der Waals surface area (Å²) in [5.74, 6) is 1.37. The fourth-order valence-electron chi connectivity index (χ4n) is 6.40. The summed E-state index contributed by atoms with van der Waals surface area (Å²) in [6.07, 6.45) is 15.8. The van der Waals surface area contributed by atoms with E-state index in [1.54, 1.807) is 60.7 Å². The molecule has 0 aliphatic heterocycles. The molecule has 0 spiro atoms. The Balaban J connectivity index is 1.15. The van der Waals surface area contributed by atoms with Gasteiger partial charge >= 0.3 is 17.9 Å². The van der Waals surface area contributed by atoms with E-state index in [-0.39, 0.29) is 12.1 Å². The first-order chi connectivity index (χ1) is 24.2. The van der Waals surface area contributed by atoms with E-state index in [0.717, 1.165) is 25.0 Å². The first-order valence-electron chi connectivity index (χ1n) is 18.8. The third kappa shape index (κ3) is 12.6. The molecular formula is C43H56O7. The lowest BCUT2D eigenvalue weighted by Crippen LogP contribution is -2.33. The standard InChI is InChI=1S/C43H56O7/c1-5-6-7-8-9-10-11-12-13-14-29-47-37-23-17-33(18-24-37)41(44)48-38-25-19-34(20-26-38)42(45)49-39-27-21-35(22-28-39)43(46)50-40-30-36(31(2)3)16-15-32(40)4/h17-28,31-32,36,40H,5-16,29-30H2,1-4H3. The quantitative estimate of drug-likeness (QED) is 0.0705. The molecule has 0 N–H and O–H groups in total. The van der Waals surface area contributed by atoms with Gasteiger partial charge in [0, 0.05) is 0 Å². The molecule has 3 atom stereocenters. The molecule has 270 valence electrons. The van der Waals surface area contributed by atoms with Crippen LogP contribution < -0.4 is 14.2 Å². The van der Waals surface area contributed by atoms with Crippen LogP contribution in [0.2, 0.25) is 0 Å². The lowest BCUT2D eigenvalue weighted by molar-refractivity contribution is -0.00952. The molecule has 0 bridgehead atoms. The van der Waals surface area contributed by atoms with Crippen molar-refractivity contribution in [2.24, 2.45) is 17.8 Å². The largest absolute Gasteiger partial charge is 0.494 e. The van der Waals surface area contributed by atoms with Crippen LogP contribution in [0, 0.1) is 17.8 Å². The van der Waals surface area contributed by atoms with Gasteiger partial charge < -0.3 is 18.9 Å². The minimum absolute atomic E-state index is 0.0903. The summed E-state index contributed by atoms with van der Waals surface area (Å²) in [7, 11) is 0. The van der Waals surface area contributed by atoms with Gasteiger partial charge in [-0.15, -0.1) is 0 Å². The average molecular weight is 685 g/mol. The normalized spacial score (nSPS) is 17.3. The van der Waals surface area contributed by atoms with Crippen LogP contribution in [0.3, 0.4) is 0 Å². The zero-order chi connectivity index (χ0) is 35.7. The van der Waals surface area contributed by atoms with Crippen molar-refractivity contribution in [1.82, 2.24) is 0 Å². The summed E-state index contributed by atoms with van der Waals surface area (Å²) < 4.78 is 22.7. The molecule has 7 nitrogen and oxygen atoms in total. The van der Waals surface area contributed by atoms with Crippen LogP contribution in [0.15, 0.2) is 72.8 Å². The Labute approximate surface area is 299 Å². The lowest BCUT2D eigenvalue weighted by Gasteiger charge is -2.35. The Morgan fingerprint density at radius 3 is 1.52 bits per heavy atom. The van der Waals surface area contributed by atoms with E-state index >= 15 is 0 Å². The molecule has 4 rings (SSSR count). The lowest BCUT2D eigenvalue weighted by atomic mass is 9.76. The van der Waals surface area contributed by atoms with Crippen LogP contribution in [0.25, 0.3) is 0 Å². The van der Waals surface area contributed by atoms with Gasteiger partial charge in [-0.05, 0) is 116 Å². The van der Waals surface area contributed by atoms with Gasteiger partial charge in [0.05, 0.1) is 23.3 Å². The topological polar surface area (TPSA) is 88.1 Å². The Kier molecular flexibility index (Phi) is 15.9. The smallest absolute Gasteiger partial charge is 0.343 e. The first kappa shape index (κ1) is 38.7. The van der Waals surface area contributed by atoms with Crippen LogP contribution in [0.1, 0.15) is 142 Å². The fraction of sp³-hybridized carbons (Fsp3) is 0.512. The van der Waals surface area contributed by atoms with Gasteiger partial charge in [0.25, 0.3) is 0 Å². The van der Waals surface area contributed by atoms with Crippen LogP contribution in [-0.4, -0.2) is 30.6 Å². The van der Waals surface area contributed by atoms with Gasteiger partial charge in [0.2, 0.25) is 0 Å². The molecule has 3 aromatic carbocycles. The van der Waals surface area contributed by atoms with Crippen LogP contribution in [0.4, 0.5) is 0 Å². The second kappa shape index (κ2) is 20.5. The van der Waals surface area contributed by atoms with Gasteiger partial charge in [-0.3, -0.25) is 0 Å². The third-order valence-corrected chi connectivity index (χ3v) is 9.82. The maximum absolute atomic E-state index is 12.8. The number of carbonyl (C=O) groups excluding carboxylic acids is 3. The highest BCUT2D eigenvalue weighted by atomic mass is 16.5. The van der Waals surface area contributed by atoms with Crippen molar-refractivity contribution >= 4 is 17.9 Å². The second-order valence-corrected chi connectivity index (χ2v) is 14.1. The molecule has 1 aliphatic carbocycles. The monoisotopic (exact) mass is 684 g/mol. The van der Waals surface area contributed by atoms with Gasteiger partial charge in [-0.1, -0.05) is 85.5 Å². The molecule has 7 heteroatoms. The first-order valence-corrected chi connectivity index (χ1v) is 18.8. The van der Waals surface area contributed by atoms with Crippen LogP contribution in [-0.2, 0) is 4.74 Å². The summed E-state index contributed by atoms with van der Waals surface area (Å²) in [5.41, 5.74) is 1.12. The van der Waals surface area contributed by atoms with Crippen LogP contribution >= 0.6 is 0 Å². The van der Waals surface area contributed by atoms with E-state index in [2.05, 4.69) is 27.7 Å². The molecule has 1 saturated carbocycles. The van der Waals surface area contributed by atoms with Gasteiger partial charge in [-0.25, -0.2) is 14.4 Å². The molecule has 1 fully saturated rings. The minimum atomic E-state index is -0.567. The van der Waals surface area contributed by atoms with Crippen molar-refractivity contribution in [1.29, 1.82) is 0 Å². The predicted octanol–water partition coefficient (Wildman–Crippen LogP) is 11.0. The van der Waals surface area contributed by atoms with E-state index < -0.39 is 11.9 Å². The Morgan fingerprint density at radius 2 is 1.04 bits per heavy atom. The van der Waals surface area contributed by atoms with E-state index in [1.165, 1.54) is 76.3 Å². The van der Waals surface area contributed by atoms with Crippen molar-refractivity contribution in [3.8, 4) is 17.2 Å². The Hall–Kier alpha value is -4.13. The molecule has 0 saturated heterocycles. The van der Waals surface area contributed by atoms with E-state index in [9.17, 15) is 14.4 Å². The number of ether oxygens (including phenoxy) is 4. The number of benzene rings is 3. The maximum Gasteiger partial charge on any atom is 0.343 e. The number of rotatable bonds is 19. The molecule has 50 heavy (non-hydrogen) atoms. The molecule has 0 amide bonds. The molecule has 0 aromatic heterocycles. The summed E-state index contributed by atoms with van der Waals surface area (Å²) >= 11 is 0. The fourth-order valence-corrected chi connectivity index (χ4v) is 6.40. The molecule has 1 aliphatic rings. The zero-order valence-electron chi connectivity index (χ0n) is 30.5. The van der Waals surface area contributed by atoms with Gasteiger partial charge in [0.15, 0.2) is 0 Å². The molecule has 0 radical (unpaired) electrons. The van der Waals surface area contributed by atoms with Gasteiger partial charge in [0.1, 0.15) is 23.4 Å². The highest BCUT2D eigenvalue weighted by Gasteiger charge is 2.32.